The van der Waals surface area contributed by atoms with E-state index in [0.717, 1.165) is 42.8 Å². The van der Waals surface area contributed by atoms with Crippen LogP contribution in [0.4, 0.5) is 5.69 Å². The van der Waals surface area contributed by atoms with Gasteiger partial charge in [0.25, 0.3) is 0 Å². The number of hydrogen-bond acceptors (Lipinski definition) is 4. The van der Waals surface area contributed by atoms with Gasteiger partial charge in [0.15, 0.2) is 0 Å². The van der Waals surface area contributed by atoms with Gasteiger partial charge in [-0.15, -0.1) is 0 Å². The summed E-state index contributed by atoms with van der Waals surface area (Å²) in [5, 5.41) is 3.42. The lowest BCUT2D eigenvalue weighted by atomic mass is 10.0. The molecule has 5 heteroatoms. The molecule has 27 heavy (non-hydrogen) atoms. The monoisotopic (exact) mass is 369 g/mol. The highest BCUT2D eigenvalue weighted by atomic mass is 16.5. The number of aryl methyl sites for hydroxylation is 3. The lowest BCUT2D eigenvalue weighted by Crippen LogP contribution is -2.15. The van der Waals surface area contributed by atoms with Crippen LogP contribution in [0.5, 0.6) is 5.75 Å². The molecule has 0 bridgehead atoms. The summed E-state index contributed by atoms with van der Waals surface area (Å²) in [5.41, 5.74) is 16.7. The molecule has 0 aromatic heterocycles. The first kappa shape index (κ1) is 20.8. The number of ether oxygens (including phenoxy) is 1. The van der Waals surface area contributed by atoms with E-state index in [1.807, 2.05) is 18.2 Å². The van der Waals surface area contributed by atoms with E-state index in [4.69, 9.17) is 16.2 Å². The highest BCUT2D eigenvalue weighted by molar-refractivity contribution is 5.77. The maximum atomic E-state index is 11.2. The summed E-state index contributed by atoms with van der Waals surface area (Å²) >= 11 is 0. The Hall–Kier alpha value is -2.53. The van der Waals surface area contributed by atoms with Crippen LogP contribution in [0.2, 0.25) is 0 Å². The average Bonchev–Trinajstić information content (AvgIpc) is 2.63. The van der Waals surface area contributed by atoms with E-state index < -0.39 is 0 Å². The number of hydrogen-bond donors (Lipinski definition) is 3. The van der Waals surface area contributed by atoms with Crippen molar-refractivity contribution in [2.75, 3.05) is 25.0 Å². The van der Waals surface area contributed by atoms with Crippen LogP contribution >= 0.6 is 0 Å². The zero-order chi connectivity index (χ0) is 19.6. The van der Waals surface area contributed by atoms with Gasteiger partial charge in [-0.25, -0.2) is 0 Å². The second kappa shape index (κ2) is 10.6. The number of rotatable bonds is 11. The minimum atomic E-state index is -0.343. The molecule has 0 radical (unpaired) electrons. The summed E-state index contributed by atoms with van der Waals surface area (Å²) in [6, 6.07) is 12.3. The highest BCUT2D eigenvalue weighted by Gasteiger charge is 2.07. The number of carbonyl (C=O) groups excluding carboxylic acids is 1. The van der Waals surface area contributed by atoms with Gasteiger partial charge in [0, 0.05) is 13.1 Å². The number of nitrogens with two attached hydrogens (primary N) is 2. The van der Waals surface area contributed by atoms with Crippen molar-refractivity contribution in [1.82, 2.24) is 0 Å². The number of primary amides is 1. The van der Waals surface area contributed by atoms with Crippen molar-refractivity contribution in [3.8, 4) is 5.75 Å². The molecule has 2 aromatic rings. The van der Waals surface area contributed by atoms with Crippen LogP contribution in [0.3, 0.4) is 0 Å². The van der Waals surface area contributed by atoms with Crippen molar-refractivity contribution >= 4 is 11.6 Å². The van der Waals surface area contributed by atoms with Gasteiger partial charge in [-0.05, 0) is 67.5 Å². The molecular formula is C22H31N3O2. The Labute approximate surface area is 162 Å². The fraction of sp³-hybridized carbons (Fsp3) is 0.409. The van der Waals surface area contributed by atoms with Crippen molar-refractivity contribution in [3.63, 3.8) is 0 Å². The number of anilines is 1. The summed E-state index contributed by atoms with van der Waals surface area (Å²) in [7, 11) is 0. The Morgan fingerprint density at radius 1 is 1.04 bits per heavy atom. The molecule has 0 fully saturated rings. The van der Waals surface area contributed by atoms with E-state index in [1.165, 1.54) is 16.7 Å². The smallest absolute Gasteiger partial charge is 0.221 e. The van der Waals surface area contributed by atoms with Crippen LogP contribution in [0.1, 0.15) is 35.1 Å². The summed E-state index contributed by atoms with van der Waals surface area (Å²) < 4.78 is 5.69. The Morgan fingerprint density at radius 3 is 2.52 bits per heavy atom. The van der Waals surface area contributed by atoms with Gasteiger partial charge in [0.1, 0.15) is 12.4 Å². The molecule has 0 saturated heterocycles. The number of carbonyl (C=O) groups is 1. The van der Waals surface area contributed by atoms with Crippen molar-refractivity contribution in [1.29, 1.82) is 0 Å². The maximum absolute atomic E-state index is 11.2. The molecule has 2 rings (SSSR count). The third-order valence-electron chi connectivity index (χ3n) is 4.58. The predicted octanol–water partition coefficient (Wildman–Crippen LogP) is 3.10. The van der Waals surface area contributed by atoms with Crippen molar-refractivity contribution in [2.45, 2.75) is 39.5 Å². The third kappa shape index (κ3) is 6.94. The van der Waals surface area contributed by atoms with Gasteiger partial charge >= 0.3 is 0 Å². The van der Waals surface area contributed by atoms with Crippen LogP contribution < -0.4 is 21.5 Å². The number of amides is 1. The molecule has 0 spiro atoms. The number of nitrogens with one attached hydrogen (secondary N) is 1. The molecule has 0 heterocycles. The first-order valence-corrected chi connectivity index (χ1v) is 9.53. The zero-order valence-electron chi connectivity index (χ0n) is 16.4. The second-order valence-electron chi connectivity index (χ2n) is 6.91. The summed E-state index contributed by atoms with van der Waals surface area (Å²) in [6.45, 7) is 6.04. The Kier molecular flexibility index (Phi) is 8.14. The molecule has 146 valence electrons. The molecule has 0 saturated carbocycles. The van der Waals surface area contributed by atoms with E-state index in [-0.39, 0.29) is 12.3 Å². The predicted molar refractivity (Wildman–Crippen MR) is 111 cm³/mol. The normalized spacial score (nSPS) is 10.6. The van der Waals surface area contributed by atoms with Crippen molar-refractivity contribution in [2.24, 2.45) is 11.5 Å². The molecule has 5 nitrogen and oxygen atoms in total. The molecular weight excluding hydrogens is 338 g/mol. The third-order valence-corrected chi connectivity index (χ3v) is 4.58. The molecule has 2 aromatic carbocycles. The molecule has 0 unspecified atom stereocenters. The first-order chi connectivity index (χ1) is 13.0. The standard InChI is InChI=1S/C22H31N3O2/c1-16-6-7-18(13-17(16)2)5-3-4-11-25-20-14-19(15-22(24)26)8-9-21(20)27-12-10-23/h6-9,13-14,25H,3-5,10-12,15,23H2,1-2H3,(H2,24,26). The molecule has 1 amide bonds. The van der Waals surface area contributed by atoms with E-state index in [1.54, 1.807) is 0 Å². The first-order valence-electron chi connectivity index (χ1n) is 9.53. The summed E-state index contributed by atoms with van der Waals surface area (Å²) in [4.78, 5) is 11.2. The van der Waals surface area contributed by atoms with Gasteiger partial charge in [0.05, 0.1) is 12.1 Å². The molecule has 0 aliphatic carbocycles. The van der Waals surface area contributed by atoms with Crippen molar-refractivity contribution in [3.05, 3.63) is 58.7 Å². The molecule has 0 aliphatic rings. The minimum Gasteiger partial charge on any atom is -0.490 e. The largest absolute Gasteiger partial charge is 0.490 e. The van der Waals surface area contributed by atoms with Crippen LogP contribution in [-0.2, 0) is 17.6 Å². The van der Waals surface area contributed by atoms with Gasteiger partial charge in [-0.3, -0.25) is 4.79 Å². The van der Waals surface area contributed by atoms with Crippen LogP contribution in [0, 0.1) is 13.8 Å². The fourth-order valence-corrected chi connectivity index (χ4v) is 2.96. The van der Waals surface area contributed by atoms with E-state index in [2.05, 4.69) is 37.4 Å². The van der Waals surface area contributed by atoms with E-state index >= 15 is 0 Å². The average molecular weight is 370 g/mol. The van der Waals surface area contributed by atoms with E-state index in [9.17, 15) is 4.79 Å². The van der Waals surface area contributed by atoms with Gasteiger partial charge in [-0.2, -0.15) is 0 Å². The lowest BCUT2D eigenvalue weighted by Gasteiger charge is -2.14. The van der Waals surface area contributed by atoms with Crippen LogP contribution in [0.25, 0.3) is 0 Å². The van der Waals surface area contributed by atoms with Crippen LogP contribution in [-0.4, -0.2) is 25.6 Å². The number of unbranched alkanes of at least 4 members (excludes halogenated alkanes) is 1. The van der Waals surface area contributed by atoms with E-state index in [0.29, 0.717) is 13.2 Å². The Morgan fingerprint density at radius 2 is 1.81 bits per heavy atom. The summed E-state index contributed by atoms with van der Waals surface area (Å²) in [5.74, 6) is 0.410. The quantitative estimate of drug-likeness (QED) is 0.531. The van der Waals surface area contributed by atoms with Gasteiger partial charge in [-0.1, -0.05) is 24.3 Å². The SMILES string of the molecule is Cc1ccc(CCCCNc2cc(CC(N)=O)ccc2OCCN)cc1C. The lowest BCUT2D eigenvalue weighted by molar-refractivity contribution is -0.117. The maximum Gasteiger partial charge on any atom is 0.221 e. The second-order valence-corrected chi connectivity index (χ2v) is 6.91. The molecule has 0 aliphatic heterocycles. The molecule has 0 atom stereocenters. The zero-order valence-corrected chi connectivity index (χ0v) is 16.4. The van der Waals surface area contributed by atoms with Gasteiger partial charge in [0.2, 0.25) is 5.91 Å². The highest BCUT2D eigenvalue weighted by Crippen LogP contribution is 2.26. The minimum absolute atomic E-state index is 0.221. The number of benzene rings is 2. The van der Waals surface area contributed by atoms with Crippen molar-refractivity contribution < 1.29 is 9.53 Å². The van der Waals surface area contributed by atoms with Gasteiger partial charge < -0.3 is 21.5 Å². The summed E-state index contributed by atoms with van der Waals surface area (Å²) in [6.07, 6.45) is 3.44. The Bertz CT molecular complexity index is 759. The molecule has 5 N–H and O–H groups in total. The van der Waals surface area contributed by atoms with Crippen LogP contribution in [0.15, 0.2) is 36.4 Å². The fourth-order valence-electron chi connectivity index (χ4n) is 2.96. The topological polar surface area (TPSA) is 90.4 Å². The Balaban J connectivity index is 1.88.